The van der Waals surface area contributed by atoms with E-state index in [1.54, 1.807) is 18.0 Å². The Balaban J connectivity index is 2.21. The SMILES string of the molecule is CN1c2ccc(F)cc2[C@]2(F)CCO[C@H]12. The molecule has 1 saturated heterocycles. The molecule has 0 spiro atoms. The fourth-order valence-corrected chi connectivity index (χ4v) is 2.54. The van der Waals surface area contributed by atoms with Crippen LogP contribution in [-0.4, -0.2) is 19.9 Å². The largest absolute Gasteiger partial charge is 0.354 e. The van der Waals surface area contributed by atoms with Gasteiger partial charge in [0.25, 0.3) is 0 Å². The number of hydrogen-bond acceptors (Lipinski definition) is 2. The Morgan fingerprint density at radius 3 is 3.13 bits per heavy atom. The minimum Gasteiger partial charge on any atom is -0.354 e. The van der Waals surface area contributed by atoms with Crippen molar-refractivity contribution in [1.82, 2.24) is 0 Å². The lowest BCUT2D eigenvalue weighted by Crippen LogP contribution is -2.36. The molecule has 80 valence electrons. The molecule has 0 amide bonds. The summed E-state index contributed by atoms with van der Waals surface area (Å²) in [5.41, 5.74) is -0.386. The van der Waals surface area contributed by atoms with Crippen molar-refractivity contribution in [3.63, 3.8) is 0 Å². The predicted molar refractivity (Wildman–Crippen MR) is 51.9 cm³/mol. The number of likely N-dealkylation sites (N-methyl/N-ethyl adjacent to an activating group) is 1. The second kappa shape index (κ2) is 2.70. The van der Waals surface area contributed by atoms with E-state index in [0.717, 1.165) is 5.69 Å². The van der Waals surface area contributed by atoms with Gasteiger partial charge in [-0.25, -0.2) is 8.78 Å². The van der Waals surface area contributed by atoms with Gasteiger partial charge in [0.2, 0.25) is 0 Å². The van der Waals surface area contributed by atoms with Crippen molar-refractivity contribution in [2.75, 3.05) is 18.6 Å². The lowest BCUT2D eigenvalue weighted by Gasteiger charge is -2.23. The Bertz CT molecular complexity index is 423. The molecule has 2 heterocycles. The van der Waals surface area contributed by atoms with Gasteiger partial charge < -0.3 is 9.64 Å². The first kappa shape index (κ1) is 9.09. The first-order valence-corrected chi connectivity index (χ1v) is 4.96. The van der Waals surface area contributed by atoms with Crippen molar-refractivity contribution in [2.45, 2.75) is 18.3 Å². The van der Waals surface area contributed by atoms with Crippen LogP contribution in [-0.2, 0) is 10.4 Å². The van der Waals surface area contributed by atoms with Crippen LogP contribution in [0.4, 0.5) is 14.5 Å². The number of halogens is 2. The van der Waals surface area contributed by atoms with Crippen LogP contribution in [0.25, 0.3) is 0 Å². The third kappa shape index (κ3) is 1.00. The fourth-order valence-electron chi connectivity index (χ4n) is 2.54. The summed E-state index contributed by atoms with van der Waals surface area (Å²) in [4.78, 5) is 1.74. The van der Waals surface area contributed by atoms with E-state index in [-0.39, 0.29) is 0 Å². The Kier molecular flexibility index (Phi) is 1.63. The number of nitrogens with zero attached hydrogens (tertiary/aromatic N) is 1. The smallest absolute Gasteiger partial charge is 0.184 e. The van der Waals surface area contributed by atoms with E-state index in [4.69, 9.17) is 4.74 Å². The number of hydrogen-bond donors (Lipinski definition) is 0. The van der Waals surface area contributed by atoms with Gasteiger partial charge in [-0.05, 0) is 18.2 Å². The average molecular weight is 211 g/mol. The molecule has 2 aliphatic rings. The number of anilines is 1. The van der Waals surface area contributed by atoms with Gasteiger partial charge in [-0.2, -0.15) is 0 Å². The maximum atomic E-state index is 14.6. The summed E-state index contributed by atoms with van der Waals surface area (Å²) in [6, 6.07) is 4.23. The van der Waals surface area contributed by atoms with Gasteiger partial charge in [0, 0.05) is 24.7 Å². The minimum absolute atomic E-state index is 0.304. The van der Waals surface area contributed by atoms with Crippen molar-refractivity contribution in [3.05, 3.63) is 29.6 Å². The van der Waals surface area contributed by atoms with Gasteiger partial charge in [-0.15, -0.1) is 0 Å². The van der Waals surface area contributed by atoms with Crippen LogP contribution >= 0.6 is 0 Å². The van der Waals surface area contributed by atoms with Crippen LogP contribution in [0.15, 0.2) is 18.2 Å². The maximum Gasteiger partial charge on any atom is 0.184 e. The van der Waals surface area contributed by atoms with Gasteiger partial charge in [0.1, 0.15) is 5.82 Å². The Morgan fingerprint density at radius 1 is 1.53 bits per heavy atom. The van der Waals surface area contributed by atoms with E-state index in [1.807, 2.05) is 0 Å². The molecule has 0 radical (unpaired) electrons. The van der Waals surface area contributed by atoms with Crippen LogP contribution in [0.2, 0.25) is 0 Å². The highest BCUT2D eigenvalue weighted by Gasteiger charge is 2.55. The zero-order valence-electron chi connectivity index (χ0n) is 8.34. The minimum atomic E-state index is -1.54. The van der Waals surface area contributed by atoms with Crippen molar-refractivity contribution in [1.29, 1.82) is 0 Å². The van der Waals surface area contributed by atoms with Gasteiger partial charge >= 0.3 is 0 Å². The highest BCUT2D eigenvalue weighted by Crippen LogP contribution is 2.51. The summed E-state index contributed by atoms with van der Waals surface area (Å²) in [5.74, 6) is -0.397. The molecule has 0 saturated carbocycles. The fraction of sp³-hybridized carbons (Fsp3) is 0.455. The molecule has 2 aliphatic heterocycles. The van der Waals surface area contributed by atoms with Crippen LogP contribution in [0.3, 0.4) is 0 Å². The zero-order chi connectivity index (χ0) is 10.6. The van der Waals surface area contributed by atoms with Crippen molar-refractivity contribution >= 4 is 5.69 Å². The topological polar surface area (TPSA) is 12.5 Å². The maximum absolute atomic E-state index is 14.6. The third-order valence-corrected chi connectivity index (χ3v) is 3.27. The van der Waals surface area contributed by atoms with Gasteiger partial charge in [0.15, 0.2) is 11.9 Å². The van der Waals surface area contributed by atoms with Crippen LogP contribution in [0.1, 0.15) is 12.0 Å². The Morgan fingerprint density at radius 2 is 2.33 bits per heavy atom. The molecule has 2 nitrogen and oxygen atoms in total. The molecule has 1 aromatic rings. The van der Waals surface area contributed by atoms with Gasteiger partial charge in [-0.3, -0.25) is 0 Å². The molecule has 0 aliphatic carbocycles. The van der Waals surface area contributed by atoms with E-state index >= 15 is 0 Å². The second-order valence-corrected chi connectivity index (χ2v) is 4.11. The summed E-state index contributed by atoms with van der Waals surface area (Å²) >= 11 is 0. The Labute approximate surface area is 86.4 Å². The van der Waals surface area contributed by atoms with Gasteiger partial charge in [-0.1, -0.05) is 0 Å². The molecular formula is C11H11F2NO. The van der Waals surface area contributed by atoms with E-state index in [0.29, 0.717) is 18.6 Å². The third-order valence-electron chi connectivity index (χ3n) is 3.27. The van der Waals surface area contributed by atoms with E-state index < -0.39 is 17.7 Å². The standard InChI is InChI=1S/C11H11F2NO/c1-14-9-3-2-7(12)6-8(9)11(13)4-5-15-10(11)14/h2-3,6,10H,4-5H2,1H3/t10-,11+/m0/s1. The molecule has 0 N–H and O–H groups in total. The van der Waals surface area contributed by atoms with Crippen molar-refractivity contribution < 1.29 is 13.5 Å². The molecular weight excluding hydrogens is 200 g/mol. The normalized spacial score (nSPS) is 33.0. The van der Waals surface area contributed by atoms with E-state index in [2.05, 4.69) is 0 Å². The number of ether oxygens (including phenoxy) is 1. The molecule has 2 atom stereocenters. The Hall–Kier alpha value is -1.16. The molecule has 0 aromatic heterocycles. The summed E-state index contributed by atoms with van der Waals surface area (Å²) in [5, 5.41) is 0. The molecule has 1 fully saturated rings. The van der Waals surface area contributed by atoms with Crippen molar-refractivity contribution in [3.8, 4) is 0 Å². The molecule has 4 heteroatoms. The lowest BCUT2D eigenvalue weighted by molar-refractivity contribution is 0.0340. The molecule has 15 heavy (non-hydrogen) atoms. The van der Waals surface area contributed by atoms with Crippen molar-refractivity contribution in [2.24, 2.45) is 0 Å². The van der Waals surface area contributed by atoms with Crippen LogP contribution < -0.4 is 4.90 Å². The van der Waals surface area contributed by atoms with E-state index in [9.17, 15) is 8.78 Å². The average Bonchev–Trinajstić information content (AvgIpc) is 2.67. The molecule has 0 unspecified atom stereocenters. The monoisotopic (exact) mass is 211 g/mol. The second-order valence-electron chi connectivity index (χ2n) is 4.11. The quantitative estimate of drug-likeness (QED) is 0.652. The van der Waals surface area contributed by atoms with E-state index in [1.165, 1.54) is 12.1 Å². The predicted octanol–water partition coefficient (Wildman–Crippen LogP) is 2.19. The number of fused-ring (bicyclic) bond motifs is 3. The molecule has 0 bridgehead atoms. The number of benzene rings is 1. The first-order chi connectivity index (χ1) is 7.13. The van der Waals surface area contributed by atoms with Crippen LogP contribution in [0.5, 0.6) is 0 Å². The summed E-state index contributed by atoms with van der Waals surface area (Å²) in [6.07, 6.45) is -0.285. The molecule has 1 aromatic carbocycles. The lowest BCUT2D eigenvalue weighted by atomic mass is 9.95. The number of rotatable bonds is 0. The summed E-state index contributed by atoms with van der Waals surface area (Å²) in [7, 11) is 1.77. The first-order valence-electron chi connectivity index (χ1n) is 4.96. The van der Waals surface area contributed by atoms with Crippen LogP contribution in [0, 0.1) is 5.82 Å². The highest BCUT2D eigenvalue weighted by molar-refractivity contribution is 5.62. The summed E-state index contributed by atoms with van der Waals surface area (Å²) < 4.78 is 33.0. The zero-order valence-corrected chi connectivity index (χ0v) is 8.34. The highest BCUT2D eigenvalue weighted by atomic mass is 19.1. The number of alkyl halides is 1. The summed E-state index contributed by atoms with van der Waals surface area (Å²) in [6.45, 7) is 0.390. The molecule has 3 rings (SSSR count). The van der Waals surface area contributed by atoms with Gasteiger partial charge in [0.05, 0.1) is 6.61 Å².